The maximum absolute atomic E-state index is 12.4. The largest absolute Gasteiger partial charge is 0.481 e. The Balaban J connectivity index is 1.44. The second kappa shape index (κ2) is 7.56. The van der Waals surface area contributed by atoms with Gasteiger partial charge in [0, 0.05) is 23.6 Å². The van der Waals surface area contributed by atoms with Crippen LogP contribution in [0.3, 0.4) is 0 Å². The molecule has 4 rings (SSSR count). The third kappa shape index (κ3) is 3.88. The lowest BCUT2D eigenvalue weighted by molar-refractivity contribution is -0.122. The van der Waals surface area contributed by atoms with Crippen LogP contribution in [-0.4, -0.2) is 21.4 Å². The molecule has 0 saturated heterocycles. The van der Waals surface area contributed by atoms with Gasteiger partial charge in [-0.3, -0.25) is 4.79 Å². The number of aryl methyl sites for hydroxylation is 1. The van der Waals surface area contributed by atoms with Gasteiger partial charge in [0.2, 0.25) is 0 Å². The number of hydrogen-bond acceptors (Lipinski definition) is 3. The number of fused-ring (bicyclic) bond motifs is 1. The van der Waals surface area contributed by atoms with E-state index < -0.39 is 6.10 Å². The Kier molecular flexibility index (Phi) is 4.81. The molecule has 1 atom stereocenters. The van der Waals surface area contributed by atoms with Gasteiger partial charge in [0.05, 0.1) is 5.69 Å². The minimum absolute atomic E-state index is 0.195. The average Bonchev–Trinajstić information content (AvgIpc) is 3.12. The van der Waals surface area contributed by atoms with Crippen molar-refractivity contribution in [3.63, 3.8) is 0 Å². The van der Waals surface area contributed by atoms with Gasteiger partial charge in [0.1, 0.15) is 11.4 Å². The van der Waals surface area contributed by atoms with Crippen LogP contribution < -0.4 is 10.1 Å². The van der Waals surface area contributed by atoms with Gasteiger partial charge in [0.15, 0.2) is 6.10 Å². The first kappa shape index (κ1) is 17.8. The number of amides is 1. The second-order valence-electron chi connectivity index (χ2n) is 6.74. The fourth-order valence-electron chi connectivity index (χ4n) is 2.95. The van der Waals surface area contributed by atoms with Crippen molar-refractivity contribution in [2.45, 2.75) is 20.0 Å². The van der Waals surface area contributed by atoms with Gasteiger partial charge in [-0.25, -0.2) is 4.98 Å². The van der Waals surface area contributed by atoms with Crippen molar-refractivity contribution in [1.29, 1.82) is 0 Å². The molecule has 28 heavy (non-hydrogen) atoms. The maximum Gasteiger partial charge on any atom is 0.265 e. The lowest BCUT2D eigenvalue weighted by atomic mass is 10.1. The molecule has 0 aliphatic rings. The van der Waals surface area contributed by atoms with Gasteiger partial charge in [-0.05, 0) is 55.8 Å². The third-order valence-electron chi connectivity index (χ3n) is 4.49. The van der Waals surface area contributed by atoms with Crippen molar-refractivity contribution in [3.8, 4) is 17.0 Å². The number of nitrogens with one attached hydrogen (secondary N) is 1. The molecule has 2 aromatic carbocycles. The molecule has 0 fully saturated rings. The van der Waals surface area contributed by atoms with E-state index in [4.69, 9.17) is 4.74 Å². The molecule has 5 nitrogen and oxygen atoms in total. The molecular formula is C23H21N3O2. The number of hydrogen-bond donors (Lipinski definition) is 1. The van der Waals surface area contributed by atoms with E-state index in [2.05, 4.69) is 16.4 Å². The van der Waals surface area contributed by atoms with E-state index in [1.165, 1.54) is 5.56 Å². The van der Waals surface area contributed by atoms with Crippen molar-refractivity contribution in [3.05, 3.63) is 84.7 Å². The van der Waals surface area contributed by atoms with Crippen molar-refractivity contribution in [2.75, 3.05) is 5.32 Å². The maximum atomic E-state index is 12.4. The Morgan fingerprint density at radius 1 is 1.07 bits per heavy atom. The Morgan fingerprint density at radius 3 is 2.57 bits per heavy atom. The van der Waals surface area contributed by atoms with E-state index >= 15 is 0 Å². The fourth-order valence-corrected chi connectivity index (χ4v) is 2.95. The zero-order chi connectivity index (χ0) is 19.5. The number of benzene rings is 2. The van der Waals surface area contributed by atoms with E-state index in [9.17, 15) is 4.79 Å². The Hall–Kier alpha value is -3.60. The lowest BCUT2D eigenvalue weighted by Crippen LogP contribution is -2.30. The number of para-hydroxylation sites is 1. The Labute approximate surface area is 163 Å². The SMILES string of the molecule is Cc1ccn2cc(-c3ccc(NC(=O)C(C)Oc4ccccc4)cc3)nc2c1. The minimum Gasteiger partial charge on any atom is -0.481 e. The third-order valence-corrected chi connectivity index (χ3v) is 4.49. The standard InChI is InChI=1S/C23H21N3O2/c1-16-12-13-26-15-21(25-22(26)14-16)18-8-10-19(11-9-18)24-23(27)17(2)28-20-6-4-3-5-7-20/h3-15,17H,1-2H3,(H,24,27). The highest BCUT2D eigenvalue weighted by atomic mass is 16.5. The highest BCUT2D eigenvalue weighted by molar-refractivity contribution is 5.94. The smallest absolute Gasteiger partial charge is 0.265 e. The topological polar surface area (TPSA) is 55.6 Å². The van der Waals surface area contributed by atoms with Gasteiger partial charge in [-0.1, -0.05) is 30.3 Å². The number of anilines is 1. The molecular weight excluding hydrogens is 350 g/mol. The Morgan fingerprint density at radius 2 is 1.82 bits per heavy atom. The highest BCUT2D eigenvalue weighted by Gasteiger charge is 2.15. The monoisotopic (exact) mass is 371 g/mol. The molecule has 5 heteroatoms. The van der Waals surface area contributed by atoms with Crippen LogP contribution in [-0.2, 0) is 4.79 Å². The summed E-state index contributed by atoms with van der Waals surface area (Å²) in [4.78, 5) is 17.0. The molecule has 0 spiro atoms. The Bertz CT molecular complexity index is 1100. The van der Waals surface area contributed by atoms with Crippen LogP contribution in [0.4, 0.5) is 5.69 Å². The molecule has 1 N–H and O–H groups in total. The number of ether oxygens (including phenoxy) is 1. The minimum atomic E-state index is -0.594. The van der Waals surface area contributed by atoms with Crippen LogP contribution >= 0.6 is 0 Å². The van der Waals surface area contributed by atoms with Crippen LogP contribution in [0.5, 0.6) is 5.75 Å². The summed E-state index contributed by atoms with van der Waals surface area (Å²) in [6, 6.07) is 21.1. The summed E-state index contributed by atoms with van der Waals surface area (Å²) in [6.45, 7) is 3.78. The first-order valence-electron chi connectivity index (χ1n) is 9.17. The van der Waals surface area contributed by atoms with Gasteiger partial charge >= 0.3 is 0 Å². The number of carbonyl (C=O) groups excluding carboxylic acids is 1. The predicted molar refractivity (Wildman–Crippen MR) is 111 cm³/mol. The van der Waals surface area contributed by atoms with E-state index in [1.54, 1.807) is 6.92 Å². The summed E-state index contributed by atoms with van der Waals surface area (Å²) < 4.78 is 7.66. The van der Waals surface area contributed by atoms with Gasteiger partial charge in [0.25, 0.3) is 5.91 Å². The number of imidazole rings is 1. The first-order chi connectivity index (χ1) is 13.6. The van der Waals surface area contributed by atoms with Crippen LogP contribution in [0.15, 0.2) is 79.1 Å². The summed E-state index contributed by atoms with van der Waals surface area (Å²) in [5.41, 5.74) is 4.70. The van der Waals surface area contributed by atoms with Crippen molar-refractivity contribution < 1.29 is 9.53 Å². The second-order valence-corrected chi connectivity index (χ2v) is 6.74. The summed E-state index contributed by atoms with van der Waals surface area (Å²) in [5.74, 6) is 0.474. The van der Waals surface area contributed by atoms with E-state index in [-0.39, 0.29) is 5.91 Å². The van der Waals surface area contributed by atoms with Crippen molar-refractivity contribution >= 4 is 17.2 Å². The van der Waals surface area contributed by atoms with E-state index in [0.717, 1.165) is 22.6 Å². The molecule has 1 unspecified atom stereocenters. The number of rotatable bonds is 5. The van der Waals surface area contributed by atoms with Crippen LogP contribution in [0.25, 0.3) is 16.9 Å². The van der Waals surface area contributed by atoms with Crippen LogP contribution in [0.2, 0.25) is 0 Å². The summed E-state index contributed by atoms with van der Waals surface area (Å²) in [7, 11) is 0. The number of nitrogens with zero attached hydrogens (tertiary/aromatic N) is 2. The average molecular weight is 371 g/mol. The summed E-state index contributed by atoms with van der Waals surface area (Å²) in [5, 5.41) is 2.89. The molecule has 1 amide bonds. The molecule has 0 aliphatic heterocycles. The quantitative estimate of drug-likeness (QED) is 0.552. The molecule has 0 bridgehead atoms. The van der Waals surface area contributed by atoms with Crippen LogP contribution in [0, 0.1) is 6.92 Å². The predicted octanol–water partition coefficient (Wildman–Crippen LogP) is 4.72. The summed E-state index contributed by atoms with van der Waals surface area (Å²) >= 11 is 0. The number of carbonyl (C=O) groups is 1. The normalized spacial score (nSPS) is 11.9. The molecule has 0 aliphatic carbocycles. The first-order valence-corrected chi connectivity index (χ1v) is 9.17. The lowest BCUT2D eigenvalue weighted by Gasteiger charge is -2.14. The van der Waals surface area contributed by atoms with Crippen molar-refractivity contribution in [2.24, 2.45) is 0 Å². The van der Waals surface area contributed by atoms with Gasteiger partial charge in [-0.2, -0.15) is 0 Å². The van der Waals surface area contributed by atoms with Crippen LogP contribution in [0.1, 0.15) is 12.5 Å². The van der Waals surface area contributed by atoms with Crippen molar-refractivity contribution in [1.82, 2.24) is 9.38 Å². The van der Waals surface area contributed by atoms with Gasteiger partial charge in [-0.15, -0.1) is 0 Å². The molecule has 140 valence electrons. The molecule has 2 heterocycles. The van der Waals surface area contributed by atoms with E-state index in [0.29, 0.717) is 5.75 Å². The van der Waals surface area contributed by atoms with Gasteiger partial charge < -0.3 is 14.5 Å². The molecule has 0 saturated carbocycles. The zero-order valence-electron chi connectivity index (χ0n) is 15.8. The molecule has 0 radical (unpaired) electrons. The summed E-state index contributed by atoms with van der Waals surface area (Å²) in [6.07, 6.45) is 3.41. The number of aromatic nitrogens is 2. The number of pyridine rings is 1. The highest BCUT2D eigenvalue weighted by Crippen LogP contribution is 2.22. The fraction of sp³-hybridized carbons (Fsp3) is 0.130. The molecule has 2 aromatic heterocycles. The zero-order valence-corrected chi connectivity index (χ0v) is 15.8. The van der Waals surface area contributed by atoms with E-state index in [1.807, 2.05) is 84.4 Å². The molecule has 4 aromatic rings.